The van der Waals surface area contributed by atoms with E-state index in [4.69, 9.17) is 14.6 Å². The number of nitrogens with zero attached hydrogens (tertiary/aromatic N) is 4. The molecule has 3 aliphatic rings. The SMILES string of the molecule is CCOP(=O)(OCC)C(F)(F)[C@H](C)[C@H](N=[N+]=[N-])C(=O)N1[C@H]2C[C@H]3CC[C@]2(CS1(=O)=O)C3(C)C. The van der Waals surface area contributed by atoms with E-state index in [0.29, 0.717) is 17.1 Å². The lowest BCUT2D eigenvalue weighted by atomic mass is 9.69. The predicted octanol–water partition coefficient (Wildman–Crippen LogP) is 4.53. The summed E-state index contributed by atoms with van der Waals surface area (Å²) in [6.45, 7) is 6.87. The van der Waals surface area contributed by atoms with Gasteiger partial charge in [0.15, 0.2) is 0 Å². The molecule has 1 amide bonds. The molecule has 0 aromatic carbocycles. The van der Waals surface area contributed by atoms with Crippen molar-refractivity contribution in [1.82, 2.24) is 4.31 Å². The standard InChI is InChI=1S/C19H31F2N4O6PS/c1-6-30-32(27,31-7-2)19(20,21)12(3)15(23-24-22)16(26)25-14-10-13-8-9-18(14,17(13,4)5)11-33(25,28)29/h12-15H,6-11H2,1-5H3/t12-,13-,14+,15+,18-/m1/s1. The molecule has 1 aliphatic heterocycles. The van der Waals surface area contributed by atoms with Crippen LogP contribution in [-0.4, -0.2) is 55.3 Å². The fourth-order valence-electron chi connectivity index (χ4n) is 6.12. The molecule has 2 bridgehead atoms. The quantitative estimate of drug-likeness (QED) is 0.193. The fourth-order valence-corrected chi connectivity index (χ4v) is 10.4. The van der Waals surface area contributed by atoms with Crippen molar-refractivity contribution >= 4 is 23.5 Å². The van der Waals surface area contributed by atoms with Crippen LogP contribution in [0, 0.1) is 22.7 Å². The third-order valence-electron chi connectivity index (χ3n) is 8.04. The highest BCUT2D eigenvalue weighted by molar-refractivity contribution is 7.90. The van der Waals surface area contributed by atoms with Crippen molar-refractivity contribution in [3.63, 3.8) is 0 Å². The summed E-state index contributed by atoms with van der Waals surface area (Å²) in [7, 11) is -9.19. The minimum Gasteiger partial charge on any atom is -0.305 e. The second-order valence-corrected chi connectivity index (χ2v) is 13.6. The molecule has 10 nitrogen and oxygen atoms in total. The number of amides is 1. The maximum absolute atomic E-state index is 15.4. The highest BCUT2D eigenvalue weighted by atomic mass is 32.2. The number of alkyl halides is 2. The van der Waals surface area contributed by atoms with Crippen LogP contribution in [0.25, 0.3) is 10.4 Å². The van der Waals surface area contributed by atoms with Crippen LogP contribution in [0.5, 0.6) is 0 Å². The van der Waals surface area contributed by atoms with Crippen molar-refractivity contribution in [3.8, 4) is 0 Å². The first-order valence-corrected chi connectivity index (χ1v) is 14.2. The van der Waals surface area contributed by atoms with Crippen LogP contribution in [-0.2, 0) is 28.4 Å². The number of hydrogen-bond acceptors (Lipinski definition) is 7. The predicted molar refractivity (Wildman–Crippen MR) is 116 cm³/mol. The molecule has 2 aliphatic carbocycles. The Bertz CT molecular complexity index is 1010. The Kier molecular flexibility index (Phi) is 6.74. The lowest BCUT2D eigenvalue weighted by Gasteiger charge is -2.38. The van der Waals surface area contributed by atoms with E-state index in [9.17, 15) is 17.8 Å². The first-order chi connectivity index (χ1) is 15.2. The Hall–Kier alpha value is -1.26. The van der Waals surface area contributed by atoms with Crippen LogP contribution in [0.2, 0.25) is 0 Å². The van der Waals surface area contributed by atoms with Gasteiger partial charge >= 0.3 is 13.3 Å². The summed E-state index contributed by atoms with van der Waals surface area (Å²) < 4.78 is 80.1. The molecule has 0 radical (unpaired) electrons. The number of carbonyl (C=O) groups excluding carboxylic acids is 1. The average Bonchev–Trinajstić information content (AvgIpc) is 3.19. The lowest BCUT2D eigenvalue weighted by molar-refractivity contribution is -0.134. The van der Waals surface area contributed by atoms with Gasteiger partial charge in [0.25, 0.3) is 0 Å². The van der Waals surface area contributed by atoms with Gasteiger partial charge in [-0.1, -0.05) is 25.9 Å². The summed E-state index contributed by atoms with van der Waals surface area (Å²) in [4.78, 5) is 16.0. The average molecular weight is 513 g/mol. The van der Waals surface area contributed by atoms with Crippen molar-refractivity contribution in [3.05, 3.63) is 10.4 Å². The molecule has 5 atom stereocenters. The van der Waals surface area contributed by atoms with E-state index in [1.165, 1.54) is 13.8 Å². The van der Waals surface area contributed by atoms with E-state index in [-0.39, 0.29) is 30.3 Å². The summed E-state index contributed by atoms with van der Waals surface area (Å²) in [6.07, 6.45) is 1.88. The van der Waals surface area contributed by atoms with Gasteiger partial charge < -0.3 is 9.05 Å². The molecule has 0 unspecified atom stereocenters. The molecule has 1 saturated heterocycles. The van der Waals surface area contributed by atoms with Crippen molar-refractivity contribution < 1.29 is 35.6 Å². The largest absolute Gasteiger partial charge is 0.399 e. The molecule has 2 saturated carbocycles. The second-order valence-electron chi connectivity index (χ2n) is 9.61. The van der Waals surface area contributed by atoms with E-state index in [1.54, 1.807) is 0 Å². The Morgan fingerprint density at radius 2 is 1.91 bits per heavy atom. The van der Waals surface area contributed by atoms with Crippen LogP contribution in [0.3, 0.4) is 0 Å². The molecule has 33 heavy (non-hydrogen) atoms. The Morgan fingerprint density at radius 3 is 2.39 bits per heavy atom. The van der Waals surface area contributed by atoms with Crippen molar-refractivity contribution in [1.29, 1.82) is 0 Å². The minimum absolute atomic E-state index is 0.196. The molecule has 188 valence electrons. The normalized spacial score (nSPS) is 31.7. The van der Waals surface area contributed by atoms with E-state index in [2.05, 4.69) is 10.0 Å². The topological polar surface area (TPSA) is 139 Å². The number of rotatable bonds is 9. The zero-order valence-corrected chi connectivity index (χ0v) is 21.1. The molecule has 0 aromatic heterocycles. The zero-order chi connectivity index (χ0) is 25.0. The zero-order valence-electron chi connectivity index (χ0n) is 19.4. The molecule has 0 aromatic rings. The smallest absolute Gasteiger partial charge is 0.305 e. The number of azide groups is 1. The molecule has 3 fully saturated rings. The summed E-state index contributed by atoms with van der Waals surface area (Å²) in [6, 6.07) is -2.81. The molecular formula is C19H31F2N4O6PS. The van der Waals surface area contributed by atoms with Gasteiger partial charge in [-0.05, 0) is 50.0 Å². The summed E-state index contributed by atoms with van der Waals surface area (Å²) in [5, 5.41) is 3.26. The van der Waals surface area contributed by atoms with Gasteiger partial charge in [0.2, 0.25) is 15.9 Å². The van der Waals surface area contributed by atoms with Crippen LogP contribution >= 0.6 is 7.60 Å². The lowest BCUT2D eigenvalue weighted by Crippen LogP contribution is -2.51. The van der Waals surface area contributed by atoms with Gasteiger partial charge in [-0.3, -0.25) is 9.36 Å². The first kappa shape index (κ1) is 26.3. The molecular weight excluding hydrogens is 481 g/mol. The highest BCUT2D eigenvalue weighted by Gasteiger charge is 2.73. The van der Waals surface area contributed by atoms with Crippen molar-refractivity contribution in [2.75, 3.05) is 19.0 Å². The van der Waals surface area contributed by atoms with Gasteiger partial charge in [0.05, 0.1) is 25.0 Å². The van der Waals surface area contributed by atoms with Gasteiger partial charge in [-0.15, -0.1) is 0 Å². The van der Waals surface area contributed by atoms with E-state index < -0.39 is 52.6 Å². The number of carbonyl (C=O) groups is 1. The fraction of sp³-hybridized carbons (Fsp3) is 0.947. The Morgan fingerprint density at radius 1 is 1.33 bits per heavy atom. The van der Waals surface area contributed by atoms with Crippen molar-refractivity contribution in [2.24, 2.45) is 27.8 Å². The summed E-state index contributed by atoms with van der Waals surface area (Å²) in [5.41, 5.74) is 3.78. The van der Waals surface area contributed by atoms with E-state index >= 15 is 8.78 Å². The number of sulfonamides is 1. The maximum atomic E-state index is 15.4. The Balaban J connectivity index is 2.02. The first-order valence-electron chi connectivity index (χ1n) is 11.0. The van der Waals surface area contributed by atoms with Crippen LogP contribution < -0.4 is 0 Å². The van der Waals surface area contributed by atoms with Gasteiger partial charge in [0, 0.05) is 16.2 Å². The van der Waals surface area contributed by atoms with Gasteiger partial charge in [-0.2, -0.15) is 8.78 Å². The van der Waals surface area contributed by atoms with Crippen LogP contribution in [0.15, 0.2) is 5.11 Å². The van der Waals surface area contributed by atoms with Gasteiger partial charge in [-0.25, -0.2) is 12.7 Å². The number of fused-ring (bicyclic) bond motifs is 1. The van der Waals surface area contributed by atoms with E-state index in [0.717, 1.165) is 13.3 Å². The third kappa shape index (κ3) is 3.62. The summed E-state index contributed by atoms with van der Waals surface area (Å²) in [5.74, 6) is -3.45. The van der Waals surface area contributed by atoms with Crippen LogP contribution in [0.1, 0.15) is 53.9 Å². The molecule has 1 heterocycles. The van der Waals surface area contributed by atoms with E-state index in [1.807, 2.05) is 13.8 Å². The number of halogens is 2. The summed E-state index contributed by atoms with van der Waals surface area (Å²) >= 11 is 0. The van der Waals surface area contributed by atoms with Crippen LogP contribution in [0.4, 0.5) is 8.78 Å². The minimum atomic E-state index is -5.05. The molecule has 0 N–H and O–H groups in total. The number of hydrogen-bond donors (Lipinski definition) is 0. The molecule has 1 spiro atoms. The Labute approximate surface area is 192 Å². The highest BCUT2D eigenvalue weighted by Crippen LogP contribution is 2.70. The van der Waals surface area contributed by atoms with Gasteiger partial charge in [0.1, 0.15) is 6.04 Å². The molecule has 14 heteroatoms. The van der Waals surface area contributed by atoms with Crippen molar-refractivity contribution in [2.45, 2.75) is 71.6 Å². The third-order valence-corrected chi connectivity index (χ3v) is 12.3. The second kappa shape index (κ2) is 8.45. The maximum Gasteiger partial charge on any atom is 0.399 e. The molecule has 3 rings (SSSR count). The monoisotopic (exact) mass is 512 g/mol.